The van der Waals surface area contributed by atoms with E-state index >= 15 is 0 Å². The Morgan fingerprint density at radius 1 is 1.10 bits per heavy atom. The first-order valence-corrected chi connectivity index (χ1v) is 6.28. The van der Waals surface area contributed by atoms with Crippen LogP contribution in [0.25, 0.3) is 0 Å². The van der Waals surface area contributed by atoms with Crippen LogP contribution in [-0.2, 0) is 25.4 Å². The van der Waals surface area contributed by atoms with Crippen molar-refractivity contribution in [3.8, 4) is 0 Å². The van der Waals surface area contributed by atoms with Gasteiger partial charge in [0.15, 0.2) is 0 Å². The summed E-state index contributed by atoms with van der Waals surface area (Å²) in [6.45, 7) is 5.10. The first kappa shape index (κ1) is 16.7. The number of aromatic nitrogens is 1. The van der Waals surface area contributed by atoms with Crippen molar-refractivity contribution >= 4 is 18.0 Å². The van der Waals surface area contributed by atoms with E-state index in [0.717, 1.165) is 4.57 Å². The summed E-state index contributed by atoms with van der Waals surface area (Å²) in [6.07, 6.45) is -0.918. The van der Waals surface area contributed by atoms with E-state index in [4.69, 9.17) is 4.74 Å². The molecular formula is C14H19NO6. The molecular weight excluding hydrogens is 278 g/mol. The molecule has 116 valence electrons. The molecule has 7 heteroatoms. The Bertz CT molecular complexity index is 552. The van der Waals surface area contributed by atoms with Crippen molar-refractivity contribution in [2.75, 3.05) is 14.2 Å². The summed E-state index contributed by atoms with van der Waals surface area (Å²) in [6, 6.07) is 2.88. The number of rotatable bonds is 3. The number of carbonyl (C=O) groups is 3. The van der Waals surface area contributed by atoms with Gasteiger partial charge in [-0.25, -0.2) is 14.2 Å². The molecule has 1 aromatic heterocycles. The van der Waals surface area contributed by atoms with E-state index in [1.165, 1.54) is 26.4 Å². The van der Waals surface area contributed by atoms with Crippen LogP contribution in [0.5, 0.6) is 0 Å². The van der Waals surface area contributed by atoms with Crippen molar-refractivity contribution in [2.45, 2.75) is 32.8 Å². The summed E-state index contributed by atoms with van der Waals surface area (Å²) in [5.41, 5.74) is -0.459. The minimum absolute atomic E-state index is 0.00865. The standard InChI is InChI=1S/C14H19NO6/c1-14(2,3)21-13(18)15-9(8-11(16)19-4)6-7-10(15)12(17)20-5/h6-7H,8H2,1-5H3. The molecule has 7 nitrogen and oxygen atoms in total. The van der Waals surface area contributed by atoms with Gasteiger partial charge in [-0.3, -0.25) is 4.79 Å². The van der Waals surface area contributed by atoms with E-state index in [2.05, 4.69) is 9.47 Å². The third-order valence-electron chi connectivity index (χ3n) is 2.49. The average molecular weight is 297 g/mol. The van der Waals surface area contributed by atoms with Crippen LogP contribution >= 0.6 is 0 Å². The van der Waals surface area contributed by atoms with E-state index in [-0.39, 0.29) is 17.8 Å². The molecule has 0 atom stereocenters. The zero-order chi connectivity index (χ0) is 16.2. The highest BCUT2D eigenvalue weighted by atomic mass is 16.6. The minimum atomic E-state index is -0.758. The SMILES string of the molecule is COC(=O)Cc1ccc(C(=O)OC)n1C(=O)OC(C)(C)C. The minimum Gasteiger partial charge on any atom is -0.469 e. The first-order valence-electron chi connectivity index (χ1n) is 6.28. The number of nitrogens with zero attached hydrogens (tertiary/aromatic N) is 1. The predicted octanol–water partition coefficient (Wildman–Crippen LogP) is 1.77. The van der Waals surface area contributed by atoms with Crippen LogP contribution in [0.1, 0.15) is 37.0 Å². The summed E-state index contributed by atoms with van der Waals surface area (Å²) in [7, 11) is 2.44. The molecule has 0 aliphatic carbocycles. The van der Waals surface area contributed by atoms with Crippen molar-refractivity contribution in [2.24, 2.45) is 0 Å². The zero-order valence-electron chi connectivity index (χ0n) is 12.8. The molecule has 0 aliphatic heterocycles. The van der Waals surface area contributed by atoms with Crippen LogP contribution in [-0.4, -0.2) is 42.4 Å². The van der Waals surface area contributed by atoms with Crippen LogP contribution in [0.2, 0.25) is 0 Å². The number of methoxy groups -OCH3 is 2. The van der Waals surface area contributed by atoms with E-state index < -0.39 is 23.6 Å². The summed E-state index contributed by atoms with van der Waals surface area (Å²) >= 11 is 0. The summed E-state index contributed by atoms with van der Waals surface area (Å²) < 4.78 is 15.4. The zero-order valence-corrected chi connectivity index (χ0v) is 12.8. The molecule has 1 aromatic rings. The molecule has 0 aromatic carbocycles. The second-order valence-electron chi connectivity index (χ2n) is 5.27. The summed E-state index contributed by atoms with van der Waals surface area (Å²) in [5.74, 6) is -1.23. The fourth-order valence-electron chi connectivity index (χ4n) is 1.62. The average Bonchev–Trinajstić information content (AvgIpc) is 2.79. The Balaban J connectivity index is 3.22. The quantitative estimate of drug-likeness (QED) is 0.624. The fraction of sp³-hybridized carbons (Fsp3) is 0.500. The molecule has 0 radical (unpaired) electrons. The molecule has 1 heterocycles. The number of carbonyl (C=O) groups excluding carboxylic acids is 3. The van der Waals surface area contributed by atoms with Gasteiger partial charge in [0.1, 0.15) is 11.3 Å². The Hall–Kier alpha value is -2.31. The molecule has 21 heavy (non-hydrogen) atoms. The van der Waals surface area contributed by atoms with Gasteiger partial charge in [-0.15, -0.1) is 0 Å². The highest BCUT2D eigenvalue weighted by Gasteiger charge is 2.26. The molecule has 1 rings (SSSR count). The predicted molar refractivity (Wildman–Crippen MR) is 73.1 cm³/mol. The van der Waals surface area contributed by atoms with Crippen molar-refractivity contribution in [1.82, 2.24) is 4.57 Å². The number of ether oxygens (including phenoxy) is 3. The lowest BCUT2D eigenvalue weighted by atomic mass is 10.2. The number of hydrogen-bond acceptors (Lipinski definition) is 6. The lowest BCUT2D eigenvalue weighted by Gasteiger charge is -2.21. The molecule has 0 saturated heterocycles. The van der Waals surface area contributed by atoms with Crippen molar-refractivity contribution in [3.05, 3.63) is 23.5 Å². The van der Waals surface area contributed by atoms with E-state index in [1.54, 1.807) is 20.8 Å². The second kappa shape index (κ2) is 6.43. The van der Waals surface area contributed by atoms with Gasteiger partial charge < -0.3 is 14.2 Å². The van der Waals surface area contributed by atoms with Crippen molar-refractivity contribution < 1.29 is 28.6 Å². The van der Waals surface area contributed by atoms with E-state index in [0.29, 0.717) is 0 Å². The van der Waals surface area contributed by atoms with Crippen molar-refractivity contribution in [3.63, 3.8) is 0 Å². The maximum absolute atomic E-state index is 12.2. The fourth-order valence-corrected chi connectivity index (χ4v) is 1.62. The monoisotopic (exact) mass is 297 g/mol. The molecule has 0 saturated carbocycles. The molecule has 0 fully saturated rings. The Labute approximate surface area is 122 Å². The maximum atomic E-state index is 12.2. The number of hydrogen-bond donors (Lipinski definition) is 0. The van der Waals surface area contributed by atoms with Gasteiger partial charge >= 0.3 is 18.0 Å². The topological polar surface area (TPSA) is 83.8 Å². The van der Waals surface area contributed by atoms with Gasteiger partial charge in [0.05, 0.1) is 20.6 Å². The second-order valence-corrected chi connectivity index (χ2v) is 5.27. The van der Waals surface area contributed by atoms with Gasteiger partial charge in [-0.05, 0) is 32.9 Å². The first-order chi connectivity index (χ1) is 9.69. The normalized spacial score (nSPS) is 10.9. The lowest BCUT2D eigenvalue weighted by Crippen LogP contribution is -2.30. The molecule has 0 N–H and O–H groups in total. The maximum Gasteiger partial charge on any atom is 0.419 e. The van der Waals surface area contributed by atoms with Gasteiger partial charge in [-0.1, -0.05) is 0 Å². The lowest BCUT2D eigenvalue weighted by molar-refractivity contribution is -0.139. The van der Waals surface area contributed by atoms with Crippen molar-refractivity contribution in [1.29, 1.82) is 0 Å². The molecule has 0 unspecified atom stereocenters. The Morgan fingerprint density at radius 2 is 1.71 bits per heavy atom. The third-order valence-corrected chi connectivity index (χ3v) is 2.49. The van der Waals surface area contributed by atoms with E-state index in [1.807, 2.05) is 0 Å². The highest BCUT2D eigenvalue weighted by Crippen LogP contribution is 2.16. The van der Waals surface area contributed by atoms with Gasteiger partial charge in [0, 0.05) is 5.69 Å². The van der Waals surface area contributed by atoms with Crippen LogP contribution < -0.4 is 0 Å². The van der Waals surface area contributed by atoms with Gasteiger partial charge in [0.25, 0.3) is 0 Å². The Kier molecular flexibility index (Phi) is 5.12. The highest BCUT2D eigenvalue weighted by molar-refractivity contribution is 5.93. The van der Waals surface area contributed by atoms with Crippen LogP contribution in [0.4, 0.5) is 4.79 Å². The molecule has 0 amide bonds. The van der Waals surface area contributed by atoms with Crippen LogP contribution in [0.15, 0.2) is 12.1 Å². The van der Waals surface area contributed by atoms with E-state index in [9.17, 15) is 14.4 Å². The molecule has 0 aliphatic rings. The summed E-state index contributed by atoms with van der Waals surface area (Å²) in [4.78, 5) is 35.3. The summed E-state index contributed by atoms with van der Waals surface area (Å²) in [5, 5.41) is 0. The molecule has 0 spiro atoms. The van der Waals surface area contributed by atoms with Gasteiger partial charge in [0.2, 0.25) is 0 Å². The third kappa shape index (κ3) is 4.34. The number of esters is 2. The van der Waals surface area contributed by atoms with Crippen LogP contribution in [0, 0.1) is 0 Å². The molecule has 0 bridgehead atoms. The largest absolute Gasteiger partial charge is 0.469 e. The Morgan fingerprint density at radius 3 is 2.19 bits per heavy atom. The van der Waals surface area contributed by atoms with Crippen LogP contribution in [0.3, 0.4) is 0 Å². The smallest absolute Gasteiger partial charge is 0.419 e. The van der Waals surface area contributed by atoms with Gasteiger partial charge in [-0.2, -0.15) is 0 Å².